The van der Waals surface area contributed by atoms with E-state index in [-0.39, 0.29) is 36.7 Å². The molecule has 0 saturated carbocycles. The first-order valence-electron chi connectivity index (χ1n) is 8.92. The van der Waals surface area contributed by atoms with Crippen molar-refractivity contribution in [1.82, 2.24) is 4.90 Å². The fourth-order valence-corrected chi connectivity index (χ4v) is 4.40. The van der Waals surface area contributed by atoms with Gasteiger partial charge in [0.15, 0.2) is 11.5 Å². The Morgan fingerprint density at radius 2 is 1.97 bits per heavy atom. The predicted molar refractivity (Wildman–Crippen MR) is 121 cm³/mol. The minimum Gasteiger partial charge on any atom is -0.493 e. The first-order chi connectivity index (χ1) is 14.4. The van der Waals surface area contributed by atoms with Crippen molar-refractivity contribution in [3.63, 3.8) is 0 Å². The van der Waals surface area contributed by atoms with E-state index in [1.165, 1.54) is 20.3 Å². The lowest BCUT2D eigenvalue weighted by Crippen LogP contribution is -2.31. The van der Waals surface area contributed by atoms with Crippen LogP contribution in [-0.2, 0) is 16.1 Å². The minimum absolute atomic E-state index is 0.0524. The molecule has 0 bridgehead atoms. The van der Waals surface area contributed by atoms with Crippen molar-refractivity contribution in [2.45, 2.75) is 6.61 Å². The molecule has 6 nitrogen and oxygen atoms in total. The van der Waals surface area contributed by atoms with Crippen LogP contribution in [0.3, 0.4) is 0 Å². The molecule has 0 spiro atoms. The largest absolute Gasteiger partial charge is 0.493 e. The Bertz CT molecular complexity index is 997. The topological polar surface area (TPSA) is 65.1 Å². The number of hydrogen-bond donors (Lipinski definition) is 0. The van der Waals surface area contributed by atoms with Crippen LogP contribution in [0.2, 0.25) is 0 Å². The molecule has 1 aliphatic rings. The Labute approximate surface area is 191 Å². The molecule has 2 amide bonds. The number of carbonyl (C=O) groups excluding carboxylic acids is 2. The zero-order valence-corrected chi connectivity index (χ0v) is 19.3. The lowest BCUT2D eigenvalue weighted by molar-refractivity contribution is -0.123. The van der Waals surface area contributed by atoms with E-state index in [9.17, 15) is 14.0 Å². The number of carbonyl (C=O) groups is 2. The van der Waals surface area contributed by atoms with Crippen LogP contribution in [0.15, 0.2) is 41.3 Å². The summed E-state index contributed by atoms with van der Waals surface area (Å²) in [7, 11) is 3.02. The average Bonchev–Trinajstić information content (AvgIpc) is 2.99. The van der Waals surface area contributed by atoms with Gasteiger partial charge in [0.05, 0.1) is 28.7 Å². The molecular weight excluding hydrogens is 524 g/mol. The van der Waals surface area contributed by atoms with Crippen LogP contribution in [-0.4, -0.2) is 43.4 Å². The minimum atomic E-state index is -0.351. The molecule has 0 radical (unpaired) electrons. The van der Waals surface area contributed by atoms with Gasteiger partial charge in [0, 0.05) is 12.7 Å². The third-order valence-corrected chi connectivity index (χ3v) is 5.98. The van der Waals surface area contributed by atoms with Crippen molar-refractivity contribution in [3.8, 4) is 11.5 Å². The zero-order valence-electron chi connectivity index (χ0n) is 16.3. The summed E-state index contributed by atoms with van der Waals surface area (Å²) in [6.45, 7) is 0.546. The fraction of sp³-hybridized carbons (Fsp3) is 0.238. The Hall–Kier alpha value is -2.11. The van der Waals surface area contributed by atoms with E-state index in [1.807, 2.05) is 6.07 Å². The number of methoxy groups -OCH3 is 2. The van der Waals surface area contributed by atoms with Crippen molar-refractivity contribution in [2.75, 3.05) is 27.4 Å². The number of nitrogens with zero attached hydrogens (tertiary/aromatic N) is 1. The van der Waals surface area contributed by atoms with Crippen LogP contribution in [0.1, 0.15) is 11.1 Å². The molecule has 0 unspecified atom stereocenters. The van der Waals surface area contributed by atoms with Crippen LogP contribution >= 0.6 is 34.4 Å². The maximum absolute atomic E-state index is 13.8. The van der Waals surface area contributed by atoms with E-state index >= 15 is 0 Å². The molecule has 0 N–H and O–H groups in total. The quantitative estimate of drug-likeness (QED) is 0.356. The van der Waals surface area contributed by atoms with Gasteiger partial charge < -0.3 is 14.2 Å². The summed E-state index contributed by atoms with van der Waals surface area (Å²) < 4.78 is 30.8. The van der Waals surface area contributed by atoms with Gasteiger partial charge >= 0.3 is 0 Å². The second-order valence-electron chi connectivity index (χ2n) is 6.24. The smallest absolute Gasteiger partial charge is 0.293 e. The van der Waals surface area contributed by atoms with Gasteiger partial charge in [0.2, 0.25) is 0 Å². The van der Waals surface area contributed by atoms with E-state index < -0.39 is 0 Å². The highest BCUT2D eigenvalue weighted by Crippen LogP contribution is 2.37. The average molecular weight is 543 g/mol. The van der Waals surface area contributed by atoms with E-state index in [2.05, 4.69) is 22.6 Å². The molecule has 0 aromatic heterocycles. The Morgan fingerprint density at radius 1 is 1.20 bits per heavy atom. The van der Waals surface area contributed by atoms with E-state index in [1.54, 1.807) is 30.3 Å². The number of ether oxygens (including phenoxy) is 3. The molecule has 3 rings (SSSR count). The van der Waals surface area contributed by atoms with Gasteiger partial charge in [0.25, 0.3) is 11.1 Å². The summed E-state index contributed by atoms with van der Waals surface area (Å²) in [5.74, 6) is 0.234. The van der Waals surface area contributed by atoms with E-state index in [4.69, 9.17) is 14.2 Å². The van der Waals surface area contributed by atoms with Crippen LogP contribution in [0.5, 0.6) is 11.5 Å². The SMILES string of the molecule is COCCN1C(=O)S/C(=C/c2cc(I)c(OCc3ccccc3F)c(OC)c2)C1=O. The summed E-state index contributed by atoms with van der Waals surface area (Å²) in [5, 5.41) is -0.324. The number of amides is 2. The summed E-state index contributed by atoms with van der Waals surface area (Å²) in [5.41, 5.74) is 1.12. The number of thioether (sulfide) groups is 1. The van der Waals surface area contributed by atoms with Crippen molar-refractivity contribution in [3.05, 3.63) is 61.8 Å². The third kappa shape index (κ3) is 5.13. The molecule has 30 heavy (non-hydrogen) atoms. The summed E-state index contributed by atoms with van der Waals surface area (Å²) in [6.07, 6.45) is 1.64. The monoisotopic (exact) mass is 543 g/mol. The number of imide groups is 1. The van der Waals surface area contributed by atoms with Gasteiger partial charge in [-0.3, -0.25) is 14.5 Å². The Morgan fingerprint density at radius 3 is 2.67 bits per heavy atom. The zero-order chi connectivity index (χ0) is 21.7. The maximum atomic E-state index is 13.8. The summed E-state index contributed by atoms with van der Waals surface area (Å²) in [4.78, 5) is 26.1. The Balaban J connectivity index is 1.82. The molecule has 2 aromatic rings. The number of hydrogen-bond acceptors (Lipinski definition) is 6. The lowest BCUT2D eigenvalue weighted by Gasteiger charge is -2.14. The molecule has 9 heteroatoms. The van der Waals surface area contributed by atoms with Gasteiger partial charge in [0.1, 0.15) is 12.4 Å². The number of halogens is 2. The van der Waals surface area contributed by atoms with Crippen LogP contribution < -0.4 is 9.47 Å². The normalized spacial score (nSPS) is 15.2. The molecule has 1 aliphatic heterocycles. The standard InChI is InChI=1S/C21H19FINO5S/c1-27-8-7-24-20(25)18(30-21(24)26)11-13-9-16(23)19(17(10-13)28-2)29-12-14-5-3-4-6-15(14)22/h3-6,9-11H,7-8,12H2,1-2H3/b18-11+. The predicted octanol–water partition coefficient (Wildman–Crippen LogP) is 4.70. The molecule has 0 aliphatic carbocycles. The summed E-state index contributed by atoms with van der Waals surface area (Å²) in [6, 6.07) is 9.92. The second-order valence-corrected chi connectivity index (χ2v) is 8.40. The van der Waals surface area contributed by atoms with Crippen molar-refractivity contribution >= 4 is 51.6 Å². The van der Waals surface area contributed by atoms with Gasteiger partial charge in [-0.15, -0.1) is 0 Å². The fourth-order valence-electron chi connectivity index (χ4n) is 2.76. The number of benzene rings is 2. The van der Waals surface area contributed by atoms with E-state index in [0.717, 1.165) is 20.2 Å². The van der Waals surface area contributed by atoms with Crippen molar-refractivity contribution in [2.24, 2.45) is 0 Å². The second kappa shape index (κ2) is 10.3. The van der Waals surface area contributed by atoms with Crippen LogP contribution in [0.4, 0.5) is 9.18 Å². The molecule has 1 saturated heterocycles. The highest BCUT2D eigenvalue weighted by molar-refractivity contribution is 14.1. The Kier molecular flexibility index (Phi) is 7.73. The van der Waals surface area contributed by atoms with Gasteiger partial charge in [-0.1, -0.05) is 18.2 Å². The van der Waals surface area contributed by atoms with E-state index in [0.29, 0.717) is 27.5 Å². The van der Waals surface area contributed by atoms with Crippen molar-refractivity contribution in [1.29, 1.82) is 0 Å². The number of rotatable bonds is 8. The lowest BCUT2D eigenvalue weighted by atomic mass is 10.1. The molecule has 1 heterocycles. The molecule has 1 fully saturated rings. The first kappa shape index (κ1) is 22.6. The van der Waals surface area contributed by atoms with Crippen LogP contribution in [0.25, 0.3) is 6.08 Å². The highest BCUT2D eigenvalue weighted by atomic mass is 127. The molecule has 0 atom stereocenters. The molecule has 2 aromatic carbocycles. The first-order valence-corrected chi connectivity index (χ1v) is 10.8. The maximum Gasteiger partial charge on any atom is 0.293 e. The summed E-state index contributed by atoms with van der Waals surface area (Å²) >= 11 is 2.98. The molecule has 158 valence electrons. The van der Waals surface area contributed by atoms with Gasteiger partial charge in [-0.25, -0.2) is 4.39 Å². The highest BCUT2D eigenvalue weighted by Gasteiger charge is 2.34. The third-order valence-electron chi connectivity index (χ3n) is 4.27. The van der Waals surface area contributed by atoms with Crippen LogP contribution in [0, 0.1) is 9.39 Å². The van der Waals surface area contributed by atoms with Gasteiger partial charge in [-0.2, -0.15) is 0 Å². The molecular formula is C21H19FINO5S. The van der Waals surface area contributed by atoms with Gasteiger partial charge in [-0.05, 0) is 64.2 Å². The van der Waals surface area contributed by atoms with Crippen molar-refractivity contribution < 1.29 is 28.2 Å².